The molecule has 17 heavy (non-hydrogen) atoms. The molecule has 1 heterocycles. The van der Waals surface area contributed by atoms with Crippen molar-refractivity contribution in [1.82, 2.24) is 15.1 Å². The summed E-state index contributed by atoms with van der Waals surface area (Å²) in [5, 5.41) is 7.51. The van der Waals surface area contributed by atoms with Gasteiger partial charge in [0.25, 0.3) is 5.91 Å². The van der Waals surface area contributed by atoms with Crippen LogP contribution in [0.4, 0.5) is 0 Å². The first kappa shape index (κ1) is 12.1. The smallest absolute Gasteiger partial charge is 0.269 e. The summed E-state index contributed by atoms with van der Waals surface area (Å²) >= 11 is 0. The van der Waals surface area contributed by atoms with E-state index in [1.54, 1.807) is 4.68 Å². The molecule has 94 valence electrons. The van der Waals surface area contributed by atoms with E-state index < -0.39 is 0 Å². The molecule has 2 rings (SSSR count). The first-order valence-corrected chi connectivity index (χ1v) is 6.62. The maximum atomic E-state index is 12.1. The number of aryl methyl sites for hydroxylation is 2. The summed E-state index contributed by atoms with van der Waals surface area (Å²) in [5.41, 5.74) is 1.69. The highest BCUT2D eigenvalue weighted by atomic mass is 16.2. The molecule has 4 heteroatoms. The van der Waals surface area contributed by atoms with Gasteiger partial charge in [-0.2, -0.15) is 5.10 Å². The fourth-order valence-electron chi connectivity index (χ4n) is 2.40. The van der Waals surface area contributed by atoms with Gasteiger partial charge in [-0.15, -0.1) is 0 Å². The van der Waals surface area contributed by atoms with Crippen molar-refractivity contribution in [1.29, 1.82) is 0 Å². The predicted molar refractivity (Wildman–Crippen MR) is 67.0 cm³/mol. The summed E-state index contributed by atoms with van der Waals surface area (Å²) in [6.07, 6.45) is 5.58. The molecular weight excluding hydrogens is 214 g/mol. The molecule has 0 aromatic carbocycles. The molecule has 0 aliphatic heterocycles. The van der Waals surface area contributed by atoms with E-state index in [4.69, 9.17) is 0 Å². The standard InChI is InChI=1S/C13H21N3O/c1-3-10-9-12(16(4-2)15-10)13(17)14-11-7-5-6-8-11/h9,11H,3-8H2,1-2H3,(H,14,17). The highest BCUT2D eigenvalue weighted by molar-refractivity contribution is 5.92. The molecule has 0 atom stereocenters. The van der Waals surface area contributed by atoms with E-state index in [1.807, 2.05) is 13.0 Å². The van der Waals surface area contributed by atoms with E-state index in [9.17, 15) is 4.79 Å². The van der Waals surface area contributed by atoms with Crippen LogP contribution in [0.3, 0.4) is 0 Å². The van der Waals surface area contributed by atoms with Crippen LogP contribution in [0, 0.1) is 0 Å². The molecular formula is C13H21N3O. The van der Waals surface area contributed by atoms with Crippen LogP contribution < -0.4 is 5.32 Å². The summed E-state index contributed by atoms with van der Waals surface area (Å²) in [5.74, 6) is 0.0333. The molecule has 0 unspecified atom stereocenters. The quantitative estimate of drug-likeness (QED) is 0.869. The maximum Gasteiger partial charge on any atom is 0.269 e. The van der Waals surface area contributed by atoms with Crippen LogP contribution in [0.1, 0.15) is 55.7 Å². The third kappa shape index (κ3) is 2.68. The molecule has 1 aliphatic rings. The molecule has 1 amide bonds. The lowest BCUT2D eigenvalue weighted by molar-refractivity contribution is 0.0927. The zero-order chi connectivity index (χ0) is 12.3. The van der Waals surface area contributed by atoms with E-state index in [0.717, 1.165) is 31.5 Å². The average molecular weight is 235 g/mol. The van der Waals surface area contributed by atoms with Crippen molar-refractivity contribution in [3.05, 3.63) is 17.5 Å². The molecule has 1 aliphatic carbocycles. The zero-order valence-electron chi connectivity index (χ0n) is 10.7. The fraction of sp³-hybridized carbons (Fsp3) is 0.692. The number of nitrogens with zero attached hydrogens (tertiary/aromatic N) is 2. The summed E-state index contributed by atoms with van der Waals surface area (Å²) in [7, 11) is 0. The van der Waals surface area contributed by atoms with Gasteiger partial charge in [-0.1, -0.05) is 19.8 Å². The number of nitrogens with one attached hydrogen (secondary N) is 1. The second-order valence-electron chi connectivity index (χ2n) is 4.65. The molecule has 1 saturated carbocycles. The van der Waals surface area contributed by atoms with Crippen molar-refractivity contribution < 1.29 is 4.79 Å². The molecule has 0 radical (unpaired) electrons. The molecule has 0 saturated heterocycles. The third-order valence-electron chi connectivity index (χ3n) is 3.42. The normalized spacial score (nSPS) is 16.4. The molecule has 1 aromatic heterocycles. The number of amides is 1. The van der Waals surface area contributed by atoms with E-state index in [0.29, 0.717) is 11.7 Å². The Morgan fingerprint density at radius 2 is 2.18 bits per heavy atom. The number of hydrogen-bond donors (Lipinski definition) is 1. The molecule has 0 bridgehead atoms. The van der Waals surface area contributed by atoms with Crippen molar-refractivity contribution in [2.24, 2.45) is 0 Å². The highest BCUT2D eigenvalue weighted by Gasteiger charge is 2.20. The molecule has 0 spiro atoms. The van der Waals surface area contributed by atoms with Gasteiger partial charge in [0, 0.05) is 12.6 Å². The van der Waals surface area contributed by atoms with Crippen molar-refractivity contribution >= 4 is 5.91 Å². The van der Waals surface area contributed by atoms with Crippen molar-refractivity contribution in [2.45, 2.75) is 58.5 Å². The second-order valence-corrected chi connectivity index (χ2v) is 4.65. The predicted octanol–water partition coefficient (Wildman–Crippen LogP) is 2.14. The van der Waals surface area contributed by atoms with Crippen LogP contribution in [0.15, 0.2) is 6.07 Å². The van der Waals surface area contributed by atoms with Crippen molar-refractivity contribution in [3.8, 4) is 0 Å². The van der Waals surface area contributed by atoms with Crippen molar-refractivity contribution in [3.63, 3.8) is 0 Å². The Kier molecular flexibility index (Phi) is 3.82. The summed E-state index contributed by atoms with van der Waals surface area (Å²) in [4.78, 5) is 12.1. The van der Waals surface area contributed by atoms with Crippen LogP contribution in [0.2, 0.25) is 0 Å². The van der Waals surface area contributed by atoms with Gasteiger partial charge >= 0.3 is 0 Å². The lowest BCUT2D eigenvalue weighted by atomic mass is 10.2. The minimum absolute atomic E-state index is 0.0333. The first-order valence-electron chi connectivity index (χ1n) is 6.62. The van der Waals surface area contributed by atoms with Gasteiger partial charge in [-0.25, -0.2) is 0 Å². The number of rotatable bonds is 4. The topological polar surface area (TPSA) is 46.9 Å². The monoisotopic (exact) mass is 235 g/mol. The minimum Gasteiger partial charge on any atom is -0.348 e. The highest BCUT2D eigenvalue weighted by Crippen LogP contribution is 2.18. The van der Waals surface area contributed by atoms with Gasteiger partial charge in [-0.3, -0.25) is 9.48 Å². The number of carbonyl (C=O) groups is 1. The van der Waals surface area contributed by atoms with Gasteiger partial charge in [0.1, 0.15) is 5.69 Å². The first-order chi connectivity index (χ1) is 8.24. The summed E-state index contributed by atoms with van der Waals surface area (Å²) < 4.78 is 1.79. The van der Waals surface area contributed by atoms with Gasteiger partial charge in [0.15, 0.2) is 0 Å². The minimum atomic E-state index is 0.0333. The Bertz CT molecular complexity index is 391. The Morgan fingerprint density at radius 1 is 1.47 bits per heavy atom. The Hall–Kier alpha value is -1.32. The number of carbonyl (C=O) groups excluding carboxylic acids is 1. The third-order valence-corrected chi connectivity index (χ3v) is 3.42. The van der Waals surface area contributed by atoms with Gasteiger partial charge < -0.3 is 5.32 Å². The van der Waals surface area contributed by atoms with Gasteiger partial charge in [0.2, 0.25) is 0 Å². The van der Waals surface area contributed by atoms with E-state index in [2.05, 4.69) is 17.3 Å². The number of hydrogen-bond acceptors (Lipinski definition) is 2. The SMILES string of the molecule is CCc1cc(C(=O)NC2CCCC2)n(CC)n1. The van der Waals surface area contributed by atoms with Gasteiger partial charge in [-0.05, 0) is 32.3 Å². The number of aromatic nitrogens is 2. The van der Waals surface area contributed by atoms with E-state index in [-0.39, 0.29) is 5.91 Å². The zero-order valence-corrected chi connectivity index (χ0v) is 10.7. The Balaban J connectivity index is 2.08. The Morgan fingerprint density at radius 3 is 2.76 bits per heavy atom. The lowest BCUT2D eigenvalue weighted by Crippen LogP contribution is -2.34. The molecule has 1 fully saturated rings. The molecule has 1 N–H and O–H groups in total. The van der Waals surface area contributed by atoms with Crippen LogP contribution in [-0.4, -0.2) is 21.7 Å². The van der Waals surface area contributed by atoms with Crippen molar-refractivity contribution in [2.75, 3.05) is 0 Å². The lowest BCUT2D eigenvalue weighted by Gasteiger charge is -2.12. The largest absolute Gasteiger partial charge is 0.348 e. The van der Waals surface area contributed by atoms with E-state index >= 15 is 0 Å². The molecule has 4 nitrogen and oxygen atoms in total. The molecule has 1 aromatic rings. The van der Waals surface area contributed by atoms with Crippen LogP contribution in [-0.2, 0) is 13.0 Å². The van der Waals surface area contributed by atoms with E-state index in [1.165, 1.54) is 12.8 Å². The van der Waals surface area contributed by atoms with Gasteiger partial charge in [0.05, 0.1) is 5.69 Å². The van der Waals surface area contributed by atoms with Crippen LogP contribution in [0.5, 0.6) is 0 Å². The average Bonchev–Trinajstić information content (AvgIpc) is 2.96. The summed E-state index contributed by atoms with van der Waals surface area (Å²) in [6.45, 7) is 4.81. The van der Waals surface area contributed by atoms with Crippen LogP contribution >= 0.6 is 0 Å². The maximum absolute atomic E-state index is 12.1. The Labute approximate surface area is 102 Å². The summed E-state index contributed by atoms with van der Waals surface area (Å²) in [6, 6.07) is 2.28. The van der Waals surface area contributed by atoms with Crippen LogP contribution in [0.25, 0.3) is 0 Å². The second kappa shape index (κ2) is 5.34. The fourth-order valence-corrected chi connectivity index (χ4v) is 2.40.